The Morgan fingerprint density at radius 3 is 3.06 bits per heavy atom. The van der Waals surface area contributed by atoms with E-state index in [0.29, 0.717) is 18.5 Å². The molecule has 16 heavy (non-hydrogen) atoms. The number of hydrogen-bond donors (Lipinski definition) is 2. The van der Waals surface area contributed by atoms with Gasteiger partial charge in [-0.2, -0.15) is 4.98 Å². The fourth-order valence-electron chi connectivity index (χ4n) is 1.43. The number of hydrogen-bond acceptors (Lipinski definition) is 5. The summed E-state index contributed by atoms with van der Waals surface area (Å²) in [5.41, 5.74) is 0.877. The zero-order chi connectivity index (χ0) is 10.7. The first kappa shape index (κ1) is 13.0. The van der Waals surface area contributed by atoms with E-state index in [0.717, 1.165) is 24.6 Å². The molecule has 1 aliphatic heterocycles. The van der Waals surface area contributed by atoms with Crippen LogP contribution in [0.2, 0.25) is 0 Å². The summed E-state index contributed by atoms with van der Waals surface area (Å²) < 4.78 is 5.49. The van der Waals surface area contributed by atoms with E-state index in [1.54, 1.807) is 6.20 Å². The molecule has 0 atom stereocenters. The van der Waals surface area contributed by atoms with Crippen molar-refractivity contribution in [2.75, 3.05) is 18.5 Å². The second kappa shape index (κ2) is 5.86. The second-order valence-corrected chi connectivity index (χ2v) is 3.83. The van der Waals surface area contributed by atoms with E-state index < -0.39 is 0 Å². The fourth-order valence-corrected chi connectivity index (χ4v) is 1.43. The van der Waals surface area contributed by atoms with Gasteiger partial charge in [0.2, 0.25) is 5.88 Å². The van der Waals surface area contributed by atoms with Crippen LogP contribution >= 0.6 is 12.4 Å². The summed E-state index contributed by atoms with van der Waals surface area (Å²) in [4.78, 5) is 8.70. The molecular weight excluding hydrogens is 228 g/mol. The van der Waals surface area contributed by atoms with E-state index in [4.69, 9.17) is 4.74 Å². The Bertz CT molecular complexity index is 346. The number of rotatable bonds is 2. The van der Waals surface area contributed by atoms with Crippen LogP contribution in [0.1, 0.15) is 19.5 Å². The van der Waals surface area contributed by atoms with E-state index in [1.165, 1.54) is 0 Å². The largest absolute Gasteiger partial charge is 0.475 e. The minimum absolute atomic E-state index is 0. The molecule has 0 amide bonds. The minimum atomic E-state index is 0. The average molecular weight is 245 g/mol. The highest BCUT2D eigenvalue weighted by Gasteiger charge is 2.12. The van der Waals surface area contributed by atoms with Gasteiger partial charge in [0.15, 0.2) is 0 Å². The molecule has 5 nitrogen and oxygen atoms in total. The molecule has 0 aromatic carbocycles. The van der Waals surface area contributed by atoms with Crippen molar-refractivity contribution < 1.29 is 4.74 Å². The lowest BCUT2D eigenvalue weighted by Crippen LogP contribution is -2.16. The van der Waals surface area contributed by atoms with Gasteiger partial charge in [-0.3, -0.25) is 4.98 Å². The molecule has 0 unspecified atom stereocenters. The van der Waals surface area contributed by atoms with Crippen molar-refractivity contribution in [1.29, 1.82) is 0 Å². The van der Waals surface area contributed by atoms with E-state index in [9.17, 15) is 0 Å². The molecule has 0 bridgehead atoms. The maximum Gasteiger partial charge on any atom is 0.239 e. The molecule has 0 radical (unpaired) electrons. The molecule has 1 aliphatic rings. The van der Waals surface area contributed by atoms with Crippen LogP contribution in [0.25, 0.3) is 0 Å². The lowest BCUT2D eigenvalue weighted by Gasteiger charge is -2.11. The van der Waals surface area contributed by atoms with Crippen molar-refractivity contribution in [3.05, 3.63) is 11.9 Å². The van der Waals surface area contributed by atoms with Crippen molar-refractivity contribution in [1.82, 2.24) is 15.3 Å². The van der Waals surface area contributed by atoms with Crippen molar-refractivity contribution in [2.24, 2.45) is 0 Å². The Labute approximate surface area is 101 Å². The first-order valence-electron chi connectivity index (χ1n) is 5.21. The molecule has 0 saturated carbocycles. The lowest BCUT2D eigenvalue weighted by molar-refractivity contribution is 0.313. The first-order chi connectivity index (χ1) is 7.25. The number of fused-ring (bicyclic) bond motifs is 1. The van der Waals surface area contributed by atoms with Crippen LogP contribution < -0.4 is 15.4 Å². The van der Waals surface area contributed by atoms with Crippen LogP contribution in [0.4, 0.5) is 5.82 Å². The highest BCUT2D eigenvalue weighted by Crippen LogP contribution is 2.17. The van der Waals surface area contributed by atoms with Crippen LogP contribution in [-0.4, -0.2) is 29.2 Å². The summed E-state index contributed by atoms with van der Waals surface area (Å²) >= 11 is 0. The van der Waals surface area contributed by atoms with Crippen molar-refractivity contribution in [2.45, 2.75) is 26.4 Å². The third kappa shape index (κ3) is 3.21. The monoisotopic (exact) mass is 244 g/mol. The number of nitrogens with one attached hydrogen (secondary N) is 2. The average Bonchev–Trinajstić information content (AvgIpc) is 2.41. The number of halogens is 1. The van der Waals surface area contributed by atoms with E-state index >= 15 is 0 Å². The third-order valence-electron chi connectivity index (χ3n) is 2.06. The van der Waals surface area contributed by atoms with Gasteiger partial charge in [0.25, 0.3) is 0 Å². The number of anilines is 1. The fraction of sp³-hybridized carbons (Fsp3) is 0.600. The zero-order valence-corrected chi connectivity index (χ0v) is 10.3. The van der Waals surface area contributed by atoms with Crippen LogP contribution in [0, 0.1) is 0 Å². The summed E-state index contributed by atoms with van der Waals surface area (Å²) in [7, 11) is 0. The predicted molar refractivity (Wildman–Crippen MR) is 65.2 cm³/mol. The quantitative estimate of drug-likeness (QED) is 0.819. The molecule has 0 aliphatic carbocycles. The smallest absolute Gasteiger partial charge is 0.239 e. The Kier molecular flexibility index (Phi) is 4.76. The van der Waals surface area contributed by atoms with Gasteiger partial charge in [0.05, 0.1) is 6.20 Å². The van der Waals surface area contributed by atoms with Gasteiger partial charge in [-0.05, 0) is 13.8 Å². The molecule has 90 valence electrons. The Balaban J connectivity index is 0.00000128. The standard InChI is InChI=1S/C10H16N4O.ClH/c1-7(2)13-9-6-12-8-5-11-3-4-15-10(8)14-9;/h6-7,11H,3-5H2,1-2H3,(H,13,14);1H. The van der Waals surface area contributed by atoms with Crippen molar-refractivity contribution in [3.63, 3.8) is 0 Å². The van der Waals surface area contributed by atoms with Crippen LogP contribution in [0.15, 0.2) is 6.20 Å². The van der Waals surface area contributed by atoms with Gasteiger partial charge >= 0.3 is 0 Å². The van der Waals surface area contributed by atoms with E-state index in [1.807, 2.05) is 0 Å². The van der Waals surface area contributed by atoms with Crippen LogP contribution in [-0.2, 0) is 6.54 Å². The van der Waals surface area contributed by atoms with Gasteiger partial charge in [0.1, 0.15) is 18.1 Å². The first-order valence-corrected chi connectivity index (χ1v) is 5.21. The van der Waals surface area contributed by atoms with Gasteiger partial charge in [-0.15, -0.1) is 12.4 Å². The normalized spacial score (nSPS) is 14.4. The zero-order valence-electron chi connectivity index (χ0n) is 9.49. The maximum atomic E-state index is 5.49. The Hall–Kier alpha value is -1.07. The van der Waals surface area contributed by atoms with Crippen molar-refractivity contribution >= 4 is 18.2 Å². The van der Waals surface area contributed by atoms with E-state index in [2.05, 4.69) is 34.4 Å². The number of ether oxygens (including phenoxy) is 1. The van der Waals surface area contributed by atoms with Gasteiger partial charge in [-0.25, -0.2) is 0 Å². The SMILES string of the molecule is CC(C)Nc1cnc2c(n1)OCCNC2.Cl. The Morgan fingerprint density at radius 1 is 1.50 bits per heavy atom. The predicted octanol–water partition coefficient (Wildman–Crippen LogP) is 1.20. The summed E-state index contributed by atoms with van der Waals surface area (Å²) in [5, 5.41) is 6.42. The highest BCUT2D eigenvalue weighted by molar-refractivity contribution is 5.85. The highest BCUT2D eigenvalue weighted by atomic mass is 35.5. The van der Waals surface area contributed by atoms with Gasteiger partial charge in [0, 0.05) is 19.1 Å². The second-order valence-electron chi connectivity index (χ2n) is 3.83. The third-order valence-corrected chi connectivity index (χ3v) is 2.06. The summed E-state index contributed by atoms with van der Waals surface area (Å²) in [6.45, 7) is 6.34. The van der Waals surface area contributed by atoms with Gasteiger partial charge < -0.3 is 15.4 Å². The molecule has 1 aromatic heterocycles. The molecule has 0 saturated heterocycles. The lowest BCUT2D eigenvalue weighted by atomic mass is 10.4. The molecule has 2 heterocycles. The summed E-state index contributed by atoms with van der Waals surface area (Å²) in [6, 6.07) is 0.348. The Morgan fingerprint density at radius 2 is 2.31 bits per heavy atom. The molecule has 0 fully saturated rings. The maximum absolute atomic E-state index is 5.49. The molecular formula is C10H17ClN4O. The van der Waals surface area contributed by atoms with Crippen molar-refractivity contribution in [3.8, 4) is 5.88 Å². The topological polar surface area (TPSA) is 59.1 Å². The molecule has 2 rings (SSSR count). The van der Waals surface area contributed by atoms with Crippen LogP contribution in [0.5, 0.6) is 5.88 Å². The molecule has 0 spiro atoms. The molecule has 1 aromatic rings. The van der Waals surface area contributed by atoms with E-state index in [-0.39, 0.29) is 12.4 Å². The van der Waals surface area contributed by atoms with Gasteiger partial charge in [-0.1, -0.05) is 0 Å². The summed E-state index contributed by atoms with van der Waals surface area (Å²) in [5.74, 6) is 1.41. The number of aromatic nitrogens is 2. The van der Waals surface area contributed by atoms with Crippen LogP contribution in [0.3, 0.4) is 0 Å². The minimum Gasteiger partial charge on any atom is -0.475 e. The molecule has 2 N–H and O–H groups in total. The number of nitrogens with zero attached hydrogens (tertiary/aromatic N) is 2. The summed E-state index contributed by atoms with van der Waals surface area (Å²) in [6.07, 6.45) is 1.75. The molecule has 6 heteroatoms.